The van der Waals surface area contributed by atoms with Gasteiger partial charge in [0.1, 0.15) is 5.60 Å². The monoisotopic (exact) mass is 264 g/mol. The highest BCUT2D eigenvalue weighted by atomic mass is 16.6. The lowest BCUT2D eigenvalue weighted by Crippen LogP contribution is -2.65. The van der Waals surface area contributed by atoms with Crippen LogP contribution in [0.3, 0.4) is 0 Å². The predicted molar refractivity (Wildman–Crippen MR) is 75.6 cm³/mol. The summed E-state index contributed by atoms with van der Waals surface area (Å²) >= 11 is 0. The summed E-state index contributed by atoms with van der Waals surface area (Å²) in [5.41, 5.74) is -0.145. The molecule has 3 aliphatic carbocycles. The summed E-state index contributed by atoms with van der Waals surface area (Å²) in [5, 5.41) is 0. The second kappa shape index (κ2) is 4.23. The van der Waals surface area contributed by atoms with Gasteiger partial charge in [-0.15, -0.1) is 0 Å². The van der Waals surface area contributed by atoms with E-state index in [0.29, 0.717) is 11.8 Å². The molecule has 0 spiro atoms. The van der Waals surface area contributed by atoms with Gasteiger partial charge in [0.2, 0.25) is 0 Å². The van der Waals surface area contributed by atoms with Crippen molar-refractivity contribution in [2.24, 2.45) is 29.1 Å². The summed E-state index contributed by atoms with van der Waals surface area (Å²) in [6.45, 7) is 8.43. The molecule has 0 heterocycles. The molecule has 0 amide bonds. The van der Waals surface area contributed by atoms with Gasteiger partial charge in [0.05, 0.1) is 0 Å². The molecule has 3 aliphatic rings. The van der Waals surface area contributed by atoms with Crippen molar-refractivity contribution in [1.29, 1.82) is 0 Å². The largest absolute Gasteiger partial charge is 0.458 e. The molecule has 0 saturated heterocycles. The highest BCUT2D eigenvalue weighted by molar-refractivity contribution is 5.67. The zero-order valence-electron chi connectivity index (χ0n) is 12.9. The third kappa shape index (κ3) is 1.86. The summed E-state index contributed by atoms with van der Waals surface area (Å²) < 4.78 is 6.12. The average Bonchev–Trinajstić information content (AvgIpc) is 2.25. The molecule has 5 atom stereocenters. The molecule has 3 rings (SSSR count). The summed E-state index contributed by atoms with van der Waals surface area (Å²) in [6, 6.07) is 0. The number of carbonyl (C=O) groups is 1. The van der Waals surface area contributed by atoms with E-state index in [-0.39, 0.29) is 17.0 Å². The van der Waals surface area contributed by atoms with E-state index in [1.165, 1.54) is 38.5 Å². The van der Waals surface area contributed by atoms with E-state index in [0.717, 1.165) is 11.8 Å². The van der Waals surface area contributed by atoms with Crippen LogP contribution in [0.1, 0.15) is 66.2 Å². The fraction of sp³-hybridized carbons (Fsp3) is 0.941. The molecule has 0 aliphatic heterocycles. The van der Waals surface area contributed by atoms with Crippen molar-refractivity contribution in [3.8, 4) is 0 Å². The van der Waals surface area contributed by atoms with Gasteiger partial charge in [0.25, 0.3) is 0 Å². The fourth-order valence-corrected chi connectivity index (χ4v) is 5.75. The van der Waals surface area contributed by atoms with Crippen molar-refractivity contribution in [3.05, 3.63) is 0 Å². The lowest BCUT2D eigenvalue weighted by Gasteiger charge is -2.64. The lowest BCUT2D eigenvalue weighted by atomic mass is 9.45. The SMILES string of the molecule is CC(=O)OC1(C(C)(C)C)C2CCC3CCC(C2)CC31. The Morgan fingerprint density at radius 1 is 1.11 bits per heavy atom. The van der Waals surface area contributed by atoms with Crippen LogP contribution in [0, 0.1) is 29.1 Å². The maximum atomic E-state index is 11.8. The average molecular weight is 264 g/mol. The quantitative estimate of drug-likeness (QED) is 0.664. The number of carbonyl (C=O) groups excluding carboxylic acids is 1. The second-order valence-corrected chi connectivity index (χ2v) is 8.19. The normalized spacial score (nSPS) is 45.1. The molecule has 0 aromatic rings. The van der Waals surface area contributed by atoms with Crippen LogP contribution >= 0.6 is 0 Å². The first-order valence-electron chi connectivity index (χ1n) is 8.04. The Labute approximate surface area is 117 Å². The van der Waals surface area contributed by atoms with Crippen LogP contribution in [-0.4, -0.2) is 11.6 Å². The van der Waals surface area contributed by atoms with Crippen LogP contribution in [0.5, 0.6) is 0 Å². The van der Waals surface area contributed by atoms with Crippen LogP contribution in [0.25, 0.3) is 0 Å². The maximum Gasteiger partial charge on any atom is 0.303 e. The molecule has 0 radical (unpaired) electrons. The molecule has 0 aromatic heterocycles. The van der Waals surface area contributed by atoms with E-state index >= 15 is 0 Å². The number of esters is 1. The van der Waals surface area contributed by atoms with Crippen LogP contribution in [0.15, 0.2) is 0 Å². The minimum Gasteiger partial charge on any atom is -0.458 e. The molecule has 3 fully saturated rings. The van der Waals surface area contributed by atoms with Crippen molar-refractivity contribution < 1.29 is 9.53 Å². The van der Waals surface area contributed by atoms with E-state index < -0.39 is 0 Å². The van der Waals surface area contributed by atoms with Crippen molar-refractivity contribution in [2.45, 2.75) is 71.8 Å². The minimum absolute atomic E-state index is 0.0506. The van der Waals surface area contributed by atoms with Gasteiger partial charge >= 0.3 is 5.97 Å². The Morgan fingerprint density at radius 2 is 1.79 bits per heavy atom. The number of ether oxygens (including phenoxy) is 1. The number of hydrogen-bond donors (Lipinski definition) is 0. The van der Waals surface area contributed by atoms with Gasteiger partial charge in [-0.2, -0.15) is 0 Å². The van der Waals surface area contributed by atoms with E-state index in [2.05, 4.69) is 20.8 Å². The van der Waals surface area contributed by atoms with Gasteiger partial charge < -0.3 is 4.74 Å². The van der Waals surface area contributed by atoms with Gasteiger partial charge in [-0.05, 0) is 49.9 Å². The number of hydrogen-bond acceptors (Lipinski definition) is 2. The summed E-state index contributed by atoms with van der Waals surface area (Å²) in [7, 11) is 0. The van der Waals surface area contributed by atoms with Gasteiger partial charge in [0.15, 0.2) is 0 Å². The number of rotatable bonds is 1. The highest BCUT2D eigenvalue weighted by Crippen LogP contribution is 2.63. The fourth-order valence-electron chi connectivity index (χ4n) is 5.75. The van der Waals surface area contributed by atoms with E-state index in [4.69, 9.17) is 4.74 Å². The summed E-state index contributed by atoms with van der Waals surface area (Å²) in [6.07, 6.45) is 7.99. The minimum atomic E-state index is -0.196. The van der Waals surface area contributed by atoms with Crippen LogP contribution in [0.2, 0.25) is 0 Å². The van der Waals surface area contributed by atoms with Crippen molar-refractivity contribution >= 4 is 5.97 Å². The Balaban J connectivity index is 2.05. The molecule has 3 bridgehead atoms. The molecule has 19 heavy (non-hydrogen) atoms. The van der Waals surface area contributed by atoms with Gasteiger partial charge in [-0.25, -0.2) is 0 Å². The first-order chi connectivity index (χ1) is 8.84. The lowest BCUT2D eigenvalue weighted by molar-refractivity contribution is -0.243. The summed E-state index contributed by atoms with van der Waals surface area (Å²) in [4.78, 5) is 11.8. The smallest absolute Gasteiger partial charge is 0.303 e. The van der Waals surface area contributed by atoms with Crippen LogP contribution < -0.4 is 0 Å². The number of fused-ring (bicyclic) bond motifs is 2. The topological polar surface area (TPSA) is 26.3 Å². The molecule has 5 unspecified atom stereocenters. The van der Waals surface area contributed by atoms with Gasteiger partial charge in [-0.3, -0.25) is 4.79 Å². The van der Waals surface area contributed by atoms with Crippen molar-refractivity contribution in [1.82, 2.24) is 0 Å². The Hall–Kier alpha value is -0.530. The Bertz CT molecular complexity index is 377. The second-order valence-electron chi connectivity index (χ2n) is 8.19. The van der Waals surface area contributed by atoms with Crippen molar-refractivity contribution in [3.63, 3.8) is 0 Å². The third-order valence-electron chi connectivity index (χ3n) is 6.25. The molecule has 2 heteroatoms. The maximum absolute atomic E-state index is 11.8. The standard InChI is InChI=1S/C17H28O2/c1-11(18)19-17(16(2,3)4)14-8-7-13-6-5-12(9-14)10-15(13)17/h12-15H,5-10H2,1-4H3. The van der Waals surface area contributed by atoms with E-state index in [1.807, 2.05) is 0 Å². The summed E-state index contributed by atoms with van der Waals surface area (Å²) in [5.74, 6) is 2.83. The van der Waals surface area contributed by atoms with E-state index in [1.54, 1.807) is 6.92 Å². The van der Waals surface area contributed by atoms with Crippen LogP contribution in [-0.2, 0) is 9.53 Å². The zero-order valence-corrected chi connectivity index (χ0v) is 12.9. The molecule has 2 nitrogen and oxygen atoms in total. The third-order valence-corrected chi connectivity index (χ3v) is 6.25. The first kappa shape index (κ1) is 13.5. The molecule has 0 aromatic carbocycles. The zero-order chi connectivity index (χ0) is 13.8. The van der Waals surface area contributed by atoms with E-state index in [9.17, 15) is 4.79 Å². The molecular formula is C17H28O2. The van der Waals surface area contributed by atoms with Crippen LogP contribution in [0.4, 0.5) is 0 Å². The molecular weight excluding hydrogens is 236 g/mol. The Kier molecular flexibility index (Phi) is 3.00. The van der Waals surface area contributed by atoms with Crippen molar-refractivity contribution in [2.75, 3.05) is 0 Å². The molecule has 0 N–H and O–H groups in total. The van der Waals surface area contributed by atoms with Gasteiger partial charge in [-0.1, -0.05) is 27.2 Å². The van der Waals surface area contributed by atoms with Gasteiger partial charge in [0, 0.05) is 18.3 Å². The molecule has 108 valence electrons. The highest BCUT2D eigenvalue weighted by Gasteiger charge is 2.63. The Morgan fingerprint density at radius 3 is 2.42 bits per heavy atom. The first-order valence-corrected chi connectivity index (χ1v) is 8.04. The predicted octanol–water partition coefficient (Wildman–Crippen LogP) is 4.18. The molecule has 3 saturated carbocycles.